The Morgan fingerprint density at radius 3 is 2.64 bits per heavy atom. The van der Waals surface area contributed by atoms with Gasteiger partial charge in [0.05, 0.1) is 5.39 Å². The third kappa shape index (κ3) is 2.94. The van der Waals surface area contributed by atoms with Crippen molar-refractivity contribution in [1.29, 1.82) is 0 Å². The molecule has 146 valence electrons. The molecule has 1 fully saturated rings. The number of nitrogens with zero attached hydrogens (tertiary/aromatic N) is 3. The zero-order valence-electron chi connectivity index (χ0n) is 15.4. The predicted octanol–water partition coefficient (Wildman–Crippen LogP) is 2.23. The molecule has 2 heterocycles. The normalized spacial score (nSPS) is 13.9. The van der Waals surface area contributed by atoms with Gasteiger partial charge in [-0.3, -0.25) is 13.9 Å². The average molecular weight is 448 g/mol. The summed E-state index contributed by atoms with van der Waals surface area (Å²) in [4.78, 5) is 30.1. The lowest BCUT2D eigenvalue weighted by Gasteiger charge is -2.19. The minimum atomic E-state index is -0.496. The van der Waals surface area contributed by atoms with Crippen LogP contribution in [0.1, 0.15) is 18.4 Å². The molecular weight excluding hydrogens is 429 g/mol. The smallest absolute Gasteiger partial charge is 0.332 e. The van der Waals surface area contributed by atoms with Crippen molar-refractivity contribution in [2.75, 3.05) is 5.32 Å². The molecule has 1 aromatic carbocycles. The first-order valence-corrected chi connectivity index (χ1v) is 9.67. The van der Waals surface area contributed by atoms with Crippen molar-refractivity contribution in [3.8, 4) is 11.1 Å². The molecule has 0 bridgehead atoms. The van der Waals surface area contributed by atoms with Crippen LogP contribution in [0.4, 0.5) is 10.2 Å². The molecule has 2 aromatic heterocycles. The maximum absolute atomic E-state index is 14.1. The van der Waals surface area contributed by atoms with Crippen molar-refractivity contribution in [2.45, 2.75) is 25.4 Å². The Labute approximate surface area is 168 Å². The first kappa shape index (κ1) is 18.8. The number of hydrogen-bond donors (Lipinski definition) is 2. The molecule has 0 unspecified atom stereocenters. The molecule has 0 radical (unpaired) electrons. The fourth-order valence-electron chi connectivity index (χ4n) is 3.35. The summed E-state index contributed by atoms with van der Waals surface area (Å²) in [6.07, 6.45) is 2.02. The second-order valence-corrected chi connectivity index (χ2v) is 7.82. The number of pyridine rings is 1. The average Bonchev–Trinajstić information content (AvgIpc) is 3.49. The summed E-state index contributed by atoms with van der Waals surface area (Å²) in [6, 6.07) is 4.54. The highest BCUT2D eigenvalue weighted by molar-refractivity contribution is 9.10. The topological polar surface area (TPSA) is 94.9 Å². The van der Waals surface area contributed by atoms with Gasteiger partial charge in [0.1, 0.15) is 11.6 Å². The molecule has 1 saturated carbocycles. The van der Waals surface area contributed by atoms with Crippen LogP contribution >= 0.6 is 15.9 Å². The van der Waals surface area contributed by atoms with Crippen molar-refractivity contribution >= 4 is 32.8 Å². The Balaban J connectivity index is 2.23. The first-order chi connectivity index (χ1) is 13.3. The molecule has 28 heavy (non-hydrogen) atoms. The summed E-state index contributed by atoms with van der Waals surface area (Å²) in [5.41, 5.74) is 6.90. The Hall–Kier alpha value is -2.52. The molecule has 0 spiro atoms. The van der Waals surface area contributed by atoms with Gasteiger partial charge in [-0.1, -0.05) is 15.9 Å². The summed E-state index contributed by atoms with van der Waals surface area (Å²) in [7, 11) is 2.97. The van der Waals surface area contributed by atoms with Crippen molar-refractivity contribution < 1.29 is 4.39 Å². The minimum Gasteiger partial charge on any atom is -0.367 e. The molecule has 0 atom stereocenters. The van der Waals surface area contributed by atoms with E-state index in [4.69, 9.17) is 5.73 Å². The Bertz CT molecular complexity index is 1230. The molecule has 7 nitrogen and oxygen atoms in total. The zero-order chi connectivity index (χ0) is 20.2. The van der Waals surface area contributed by atoms with E-state index in [0.717, 1.165) is 17.4 Å². The van der Waals surface area contributed by atoms with Crippen LogP contribution in [0, 0.1) is 5.82 Å². The van der Waals surface area contributed by atoms with Crippen LogP contribution in [0.15, 0.2) is 32.3 Å². The van der Waals surface area contributed by atoms with E-state index in [2.05, 4.69) is 26.2 Å². The fourth-order valence-corrected chi connectivity index (χ4v) is 3.80. The molecule has 4 rings (SSSR count). The van der Waals surface area contributed by atoms with Crippen molar-refractivity contribution in [2.24, 2.45) is 19.8 Å². The number of halogens is 2. The maximum Gasteiger partial charge on any atom is 0.332 e. The maximum atomic E-state index is 14.1. The molecule has 0 amide bonds. The van der Waals surface area contributed by atoms with Crippen LogP contribution in [0.25, 0.3) is 22.2 Å². The summed E-state index contributed by atoms with van der Waals surface area (Å²) in [5.74, 6) is 0.0800. The van der Waals surface area contributed by atoms with E-state index in [0.29, 0.717) is 27.0 Å². The number of hydrogen-bond acceptors (Lipinski definition) is 5. The number of nitrogens with one attached hydrogen (secondary N) is 1. The zero-order valence-corrected chi connectivity index (χ0v) is 17.0. The number of anilines is 1. The number of nitrogens with two attached hydrogens (primary N) is 1. The largest absolute Gasteiger partial charge is 0.367 e. The third-order valence-corrected chi connectivity index (χ3v) is 5.70. The van der Waals surface area contributed by atoms with Gasteiger partial charge in [-0.2, -0.15) is 0 Å². The van der Waals surface area contributed by atoms with Crippen LogP contribution < -0.4 is 22.3 Å². The minimum absolute atomic E-state index is 0.0995. The lowest BCUT2D eigenvalue weighted by Crippen LogP contribution is -2.38. The molecule has 0 aliphatic heterocycles. The quantitative estimate of drug-likeness (QED) is 0.639. The van der Waals surface area contributed by atoms with E-state index < -0.39 is 17.1 Å². The van der Waals surface area contributed by atoms with Gasteiger partial charge in [-0.15, -0.1) is 0 Å². The van der Waals surface area contributed by atoms with Crippen molar-refractivity contribution in [1.82, 2.24) is 14.1 Å². The predicted molar refractivity (Wildman–Crippen MR) is 110 cm³/mol. The number of aromatic nitrogens is 3. The molecular formula is C19H19BrFN5O2. The highest BCUT2D eigenvalue weighted by Crippen LogP contribution is 2.38. The van der Waals surface area contributed by atoms with E-state index in [1.54, 1.807) is 13.1 Å². The van der Waals surface area contributed by atoms with E-state index in [1.807, 2.05) is 0 Å². The summed E-state index contributed by atoms with van der Waals surface area (Å²) >= 11 is 3.45. The summed E-state index contributed by atoms with van der Waals surface area (Å²) < 4.78 is 17.1. The van der Waals surface area contributed by atoms with Gasteiger partial charge in [0, 0.05) is 47.8 Å². The Kier molecular flexibility index (Phi) is 4.59. The summed E-state index contributed by atoms with van der Waals surface area (Å²) in [5, 5.41) is 3.56. The summed E-state index contributed by atoms with van der Waals surface area (Å²) in [6.45, 7) is 0.0995. The van der Waals surface area contributed by atoms with Gasteiger partial charge >= 0.3 is 5.69 Å². The van der Waals surface area contributed by atoms with Crippen LogP contribution in [-0.4, -0.2) is 20.2 Å². The van der Waals surface area contributed by atoms with Crippen molar-refractivity contribution in [3.05, 3.63) is 54.9 Å². The monoisotopic (exact) mass is 447 g/mol. The van der Waals surface area contributed by atoms with Crippen LogP contribution in [-0.2, 0) is 20.6 Å². The molecule has 9 heteroatoms. The van der Waals surface area contributed by atoms with E-state index in [1.165, 1.54) is 23.7 Å². The molecule has 0 saturated heterocycles. The number of benzene rings is 1. The Morgan fingerprint density at radius 2 is 2.00 bits per heavy atom. The third-order valence-electron chi connectivity index (χ3n) is 5.01. The first-order valence-electron chi connectivity index (χ1n) is 8.88. The highest BCUT2D eigenvalue weighted by atomic mass is 79.9. The molecule has 3 aromatic rings. The van der Waals surface area contributed by atoms with Gasteiger partial charge < -0.3 is 11.1 Å². The number of rotatable bonds is 4. The molecule has 1 aliphatic carbocycles. The number of fused-ring (bicyclic) bond motifs is 1. The second-order valence-electron chi connectivity index (χ2n) is 6.97. The second kappa shape index (κ2) is 6.82. The SMILES string of the molecule is Cn1c(=O)c2c(-c3cc(F)ccc3Br)c(CN)c(NC3CC3)nc2n(C)c1=O. The standard InChI is InChI=1S/C19H19BrFN5O2/c1-25-17-15(18(27)26(2)19(25)28)14(11-7-9(21)3-6-13(11)20)12(8-22)16(24-17)23-10-4-5-10/h3,6-7,10H,4-5,8,22H2,1-2H3,(H,23,24). The van der Waals surface area contributed by atoms with Gasteiger partial charge in [-0.05, 0) is 31.0 Å². The van der Waals surface area contributed by atoms with E-state index >= 15 is 0 Å². The van der Waals surface area contributed by atoms with Gasteiger partial charge in [-0.25, -0.2) is 14.2 Å². The van der Waals surface area contributed by atoms with Crippen molar-refractivity contribution in [3.63, 3.8) is 0 Å². The molecule has 3 N–H and O–H groups in total. The lowest BCUT2D eigenvalue weighted by atomic mass is 9.97. The molecule has 1 aliphatic rings. The lowest BCUT2D eigenvalue weighted by molar-refractivity contribution is 0.628. The number of aryl methyl sites for hydroxylation is 1. The van der Waals surface area contributed by atoms with E-state index in [-0.39, 0.29) is 23.6 Å². The van der Waals surface area contributed by atoms with Crippen LogP contribution in [0.5, 0.6) is 0 Å². The highest BCUT2D eigenvalue weighted by Gasteiger charge is 2.27. The van der Waals surface area contributed by atoms with Crippen LogP contribution in [0.3, 0.4) is 0 Å². The van der Waals surface area contributed by atoms with Gasteiger partial charge in [0.15, 0.2) is 5.65 Å². The fraction of sp³-hybridized carbons (Fsp3) is 0.316. The van der Waals surface area contributed by atoms with E-state index in [9.17, 15) is 14.0 Å². The van der Waals surface area contributed by atoms with Crippen LogP contribution in [0.2, 0.25) is 0 Å². The van der Waals surface area contributed by atoms with Gasteiger partial charge in [0.2, 0.25) is 0 Å². The Morgan fingerprint density at radius 1 is 1.29 bits per heavy atom. The van der Waals surface area contributed by atoms with Gasteiger partial charge in [0.25, 0.3) is 5.56 Å².